The molecule has 1 heterocycles. The summed E-state index contributed by atoms with van der Waals surface area (Å²) in [6.07, 6.45) is 1.63. The van der Waals surface area contributed by atoms with Crippen LogP contribution in [0.15, 0.2) is 42.5 Å². The van der Waals surface area contributed by atoms with Gasteiger partial charge in [0.15, 0.2) is 0 Å². The van der Waals surface area contributed by atoms with Crippen LogP contribution in [0.4, 0.5) is 0 Å². The SMILES string of the molecule is Cc1[nH]c2ccccc2c1C(=O)C(=O)N[C@@H]1CCc2cc(Cl)ccc21. The highest BCUT2D eigenvalue weighted by Gasteiger charge is 2.28. The first-order valence-electron chi connectivity index (χ1n) is 8.25. The number of hydrogen-bond acceptors (Lipinski definition) is 2. The van der Waals surface area contributed by atoms with Gasteiger partial charge in [-0.2, -0.15) is 0 Å². The van der Waals surface area contributed by atoms with Gasteiger partial charge in [-0.3, -0.25) is 9.59 Å². The number of rotatable bonds is 3. The molecule has 0 aliphatic heterocycles. The minimum absolute atomic E-state index is 0.144. The number of ketones is 1. The fourth-order valence-corrected chi connectivity index (χ4v) is 3.84. The molecule has 126 valence electrons. The molecule has 2 aromatic carbocycles. The molecule has 0 fully saturated rings. The van der Waals surface area contributed by atoms with Crippen LogP contribution in [0.25, 0.3) is 10.9 Å². The average molecular weight is 353 g/mol. The van der Waals surface area contributed by atoms with E-state index in [1.54, 1.807) is 0 Å². The van der Waals surface area contributed by atoms with E-state index in [0.717, 1.165) is 34.9 Å². The minimum Gasteiger partial charge on any atom is -0.358 e. The second kappa shape index (κ2) is 6.05. The van der Waals surface area contributed by atoms with Gasteiger partial charge in [0.2, 0.25) is 0 Å². The topological polar surface area (TPSA) is 62.0 Å². The molecule has 1 aromatic heterocycles. The van der Waals surface area contributed by atoms with Crippen molar-refractivity contribution in [2.75, 3.05) is 0 Å². The van der Waals surface area contributed by atoms with Crippen molar-refractivity contribution in [2.24, 2.45) is 0 Å². The Hall–Kier alpha value is -2.59. The number of nitrogens with one attached hydrogen (secondary N) is 2. The molecule has 0 saturated carbocycles. The number of para-hydroxylation sites is 1. The monoisotopic (exact) mass is 352 g/mol. The summed E-state index contributed by atoms with van der Waals surface area (Å²) in [5.74, 6) is -1.07. The molecular weight excluding hydrogens is 336 g/mol. The summed E-state index contributed by atoms with van der Waals surface area (Å²) in [6.45, 7) is 1.81. The van der Waals surface area contributed by atoms with Crippen LogP contribution < -0.4 is 5.32 Å². The molecule has 1 amide bonds. The molecule has 0 spiro atoms. The van der Waals surface area contributed by atoms with Crippen LogP contribution in [-0.2, 0) is 11.2 Å². The number of fused-ring (bicyclic) bond motifs is 2. The lowest BCUT2D eigenvalue weighted by molar-refractivity contribution is -0.117. The number of hydrogen-bond donors (Lipinski definition) is 2. The standard InChI is InChI=1S/C20H17ClN2O2/c1-11-18(15-4-2-3-5-16(15)22-11)19(24)20(25)23-17-9-6-12-10-13(21)7-8-14(12)17/h2-5,7-8,10,17,22H,6,9H2,1H3,(H,23,25)/t17-/m1/s1. The first-order chi connectivity index (χ1) is 12.0. The Morgan fingerprint density at radius 2 is 2.00 bits per heavy atom. The van der Waals surface area contributed by atoms with Crippen LogP contribution >= 0.6 is 11.6 Å². The lowest BCUT2D eigenvalue weighted by Gasteiger charge is -2.13. The van der Waals surface area contributed by atoms with E-state index in [0.29, 0.717) is 16.3 Å². The first kappa shape index (κ1) is 15.9. The summed E-state index contributed by atoms with van der Waals surface area (Å²) >= 11 is 6.02. The largest absolute Gasteiger partial charge is 0.358 e. The van der Waals surface area contributed by atoms with Crippen molar-refractivity contribution >= 4 is 34.2 Å². The van der Waals surface area contributed by atoms with Crippen molar-refractivity contribution in [3.8, 4) is 0 Å². The maximum atomic E-state index is 12.7. The number of benzene rings is 2. The van der Waals surface area contributed by atoms with Gasteiger partial charge in [-0.25, -0.2) is 0 Å². The van der Waals surface area contributed by atoms with Crippen molar-refractivity contribution in [1.82, 2.24) is 10.3 Å². The number of aryl methyl sites for hydroxylation is 2. The Labute approximate surface area is 150 Å². The van der Waals surface area contributed by atoms with Gasteiger partial charge in [0.1, 0.15) is 0 Å². The van der Waals surface area contributed by atoms with Gasteiger partial charge in [0.05, 0.1) is 11.6 Å². The van der Waals surface area contributed by atoms with Crippen LogP contribution in [0, 0.1) is 6.92 Å². The number of H-pyrrole nitrogens is 1. The maximum Gasteiger partial charge on any atom is 0.292 e. The molecule has 0 radical (unpaired) electrons. The van der Waals surface area contributed by atoms with E-state index in [9.17, 15) is 9.59 Å². The predicted octanol–water partition coefficient (Wildman–Crippen LogP) is 4.12. The van der Waals surface area contributed by atoms with E-state index in [2.05, 4.69) is 10.3 Å². The summed E-state index contributed by atoms with van der Waals surface area (Å²) in [5, 5.41) is 4.36. The molecule has 0 unspecified atom stereocenters. The number of Topliss-reactive ketones (excluding diaryl/α,β-unsaturated/α-hetero) is 1. The van der Waals surface area contributed by atoms with Gasteiger partial charge in [-0.15, -0.1) is 0 Å². The summed E-state index contributed by atoms with van der Waals surface area (Å²) < 4.78 is 0. The van der Waals surface area contributed by atoms with Crippen LogP contribution in [-0.4, -0.2) is 16.7 Å². The van der Waals surface area contributed by atoms with E-state index < -0.39 is 11.7 Å². The number of carbonyl (C=O) groups excluding carboxylic acids is 2. The first-order valence-corrected chi connectivity index (χ1v) is 8.63. The van der Waals surface area contributed by atoms with Crippen LogP contribution in [0.3, 0.4) is 0 Å². The van der Waals surface area contributed by atoms with Gasteiger partial charge in [0, 0.05) is 21.6 Å². The van der Waals surface area contributed by atoms with Crippen molar-refractivity contribution in [3.63, 3.8) is 0 Å². The molecular formula is C20H17ClN2O2. The lowest BCUT2D eigenvalue weighted by Crippen LogP contribution is -2.33. The maximum absolute atomic E-state index is 12.7. The molecule has 1 atom stereocenters. The molecule has 4 nitrogen and oxygen atoms in total. The molecule has 5 heteroatoms. The van der Waals surface area contributed by atoms with Crippen molar-refractivity contribution in [1.29, 1.82) is 0 Å². The zero-order valence-corrected chi connectivity index (χ0v) is 14.5. The van der Waals surface area contributed by atoms with E-state index in [4.69, 9.17) is 11.6 Å². The zero-order chi connectivity index (χ0) is 17.6. The predicted molar refractivity (Wildman–Crippen MR) is 98.0 cm³/mol. The summed E-state index contributed by atoms with van der Waals surface area (Å²) in [5.41, 5.74) is 4.19. The normalized spacial score (nSPS) is 16.0. The Morgan fingerprint density at radius 1 is 1.20 bits per heavy atom. The van der Waals surface area contributed by atoms with Crippen LogP contribution in [0.1, 0.15) is 39.6 Å². The molecule has 25 heavy (non-hydrogen) atoms. The highest BCUT2D eigenvalue weighted by molar-refractivity contribution is 6.45. The fraction of sp³-hybridized carbons (Fsp3) is 0.200. The Balaban J connectivity index is 1.60. The average Bonchev–Trinajstić information content (AvgIpc) is 3.13. The second-order valence-corrected chi connectivity index (χ2v) is 6.84. The van der Waals surface area contributed by atoms with E-state index in [1.165, 1.54) is 0 Å². The van der Waals surface area contributed by atoms with Crippen LogP contribution in [0.2, 0.25) is 5.02 Å². The van der Waals surface area contributed by atoms with E-state index in [-0.39, 0.29) is 6.04 Å². The number of aromatic nitrogens is 1. The quantitative estimate of drug-likeness (QED) is 0.550. The third-order valence-corrected chi connectivity index (χ3v) is 5.05. The smallest absolute Gasteiger partial charge is 0.292 e. The Bertz CT molecular complexity index is 1010. The van der Waals surface area contributed by atoms with E-state index in [1.807, 2.05) is 49.4 Å². The highest BCUT2D eigenvalue weighted by Crippen LogP contribution is 2.33. The molecule has 0 saturated heterocycles. The third kappa shape index (κ3) is 2.72. The number of halogens is 1. The summed E-state index contributed by atoms with van der Waals surface area (Å²) in [4.78, 5) is 28.5. The lowest BCUT2D eigenvalue weighted by atomic mass is 10.0. The van der Waals surface area contributed by atoms with Gasteiger partial charge in [0.25, 0.3) is 11.7 Å². The number of amides is 1. The molecule has 1 aliphatic rings. The third-order valence-electron chi connectivity index (χ3n) is 4.81. The van der Waals surface area contributed by atoms with Gasteiger partial charge in [-0.05, 0) is 49.1 Å². The molecule has 4 rings (SSSR count). The summed E-state index contributed by atoms with van der Waals surface area (Å²) in [6, 6.07) is 13.0. The zero-order valence-electron chi connectivity index (χ0n) is 13.7. The number of aromatic amines is 1. The minimum atomic E-state index is -0.569. The van der Waals surface area contributed by atoms with Crippen molar-refractivity contribution in [2.45, 2.75) is 25.8 Å². The number of carbonyl (C=O) groups is 2. The van der Waals surface area contributed by atoms with Gasteiger partial charge >= 0.3 is 0 Å². The van der Waals surface area contributed by atoms with E-state index >= 15 is 0 Å². The molecule has 2 N–H and O–H groups in total. The van der Waals surface area contributed by atoms with Crippen molar-refractivity contribution in [3.05, 3.63) is 69.9 Å². The van der Waals surface area contributed by atoms with Gasteiger partial charge in [-0.1, -0.05) is 35.9 Å². The molecule has 1 aliphatic carbocycles. The Kier molecular flexibility index (Phi) is 3.85. The Morgan fingerprint density at radius 3 is 2.84 bits per heavy atom. The summed E-state index contributed by atoms with van der Waals surface area (Å²) in [7, 11) is 0. The fourth-order valence-electron chi connectivity index (χ4n) is 3.64. The second-order valence-electron chi connectivity index (χ2n) is 6.41. The van der Waals surface area contributed by atoms with Crippen LogP contribution in [0.5, 0.6) is 0 Å². The van der Waals surface area contributed by atoms with Crippen molar-refractivity contribution < 1.29 is 9.59 Å². The molecule has 3 aromatic rings. The molecule has 0 bridgehead atoms. The highest BCUT2D eigenvalue weighted by atomic mass is 35.5. The van der Waals surface area contributed by atoms with Gasteiger partial charge < -0.3 is 10.3 Å².